The van der Waals surface area contributed by atoms with Crippen LogP contribution in [0.25, 0.3) is 0 Å². The molecule has 0 saturated carbocycles. The summed E-state index contributed by atoms with van der Waals surface area (Å²) in [6.07, 6.45) is 2.55. The highest BCUT2D eigenvalue weighted by atomic mass is 16.5. The van der Waals surface area contributed by atoms with E-state index in [4.69, 9.17) is 9.47 Å². The molecule has 1 unspecified atom stereocenters. The van der Waals surface area contributed by atoms with Gasteiger partial charge in [0.2, 0.25) is 0 Å². The Hall–Kier alpha value is -0.120. The molecule has 2 aliphatic heterocycles. The zero-order chi connectivity index (χ0) is 13.4. The molecular formula is C15H31NO2. The minimum absolute atomic E-state index is 0.542. The molecule has 2 fully saturated rings. The van der Waals surface area contributed by atoms with Gasteiger partial charge in [0.05, 0.1) is 26.4 Å². The van der Waals surface area contributed by atoms with Gasteiger partial charge < -0.3 is 9.47 Å². The van der Waals surface area contributed by atoms with E-state index in [-0.39, 0.29) is 0 Å². The molecule has 2 saturated heterocycles. The second-order valence-corrected chi connectivity index (χ2v) is 6.08. The van der Waals surface area contributed by atoms with E-state index in [0.717, 1.165) is 45.4 Å². The molecule has 2 heterocycles. The SMILES string of the molecule is CCC(C)CN1CCOCC1.CCC1(C)COC1. The second kappa shape index (κ2) is 8.13. The van der Waals surface area contributed by atoms with Gasteiger partial charge in [-0.15, -0.1) is 0 Å². The van der Waals surface area contributed by atoms with Crippen LogP contribution in [0.4, 0.5) is 0 Å². The molecule has 0 aromatic carbocycles. The van der Waals surface area contributed by atoms with Crippen molar-refractivity contribution >= 4 is 0 Å². The van der Waals surface area contributed by atoms with Gasteiger partial charge in [-0.3, -0.25) is 4.90 Å². The van der Waals surface area contributed by atoms with E-state index in [1.165, 1.54) is 19.4 Å². The molecular weight excluding hydrogens is 226 g/mol. The Labute approximate surface area is 113 Å². The van der Waals surface area contributed by atoms with Crippen LogP contribution in [-0.2, 0) is 9.47 Å². The van der Waals surface area contributed by atoms with Crippen LogP contribution in [0.1, 0.15) is 40.5 Å². The van der Waals surface area contributed by atoms with E-state index in [1.54, 1.807) is 0 Å². The van der Waals surface area contributed by atoms with Crippen molar-refractivity contribution in [2.45, 2.75) is 40.5 Å². The van der Waals surface area contributed by atoms with Gasteiger partial charge in [0, 0.05) is 25.0 Å². The lowest BCUT2D eigenvalue weighted by atomic mass is 9.86. The van der Waals surface area contributed by atoms with Crippen LogP contribution >= 0.6 is 0 Å². The Morgan fingerprint density at radius 3 is 2.06 bits per heavy atom. The molecule has 0 aromatic heterocycles. The maximum absolute atomic E-state index is 5.27. The largest absolute Gasteiger partial charge is 0.380 e. The van der Waals surface area contributed by atoms with Gasteiger partial charge in [0.1, 0.15) is 0 Å². The zero-order valence-electron chi connectivity index (χ0n) is 12.7. The number of nitrogens with zero attached hydrogens (tertiary/aromatic N) is 1. The third kappa shape index (κ3) is 5.68. The van der Waals surface area contributed by atoms with Gasteiger partial charge >= 0.3 is 0 Å². The topological polar surface area (TPSA) is 21.7 Å². The lowest BCUT2D eigenvalue weighted by molar-refractivity contribution is -0.103. The number of rotatable bonds is 4. The molecule has 2 rings (SSSR count). The van der Waals surface area contributed by atoms with Gasteiger partial charge in [-0.1, -0.05) is 34.1 Å². The van der Waals surface area contributed by atoms with Gasteiger partial charge in [-0.25, -0.2) is 0 Å². The first-order valence-corrected chi connectivity index (χ1v) is 7.47. The number of hydrogen-bond acceptors (Lipinski definition) is 3. The summed E-state index contributed by atoms with van der Waals surface area (Å²) in [4.78, 5) is 2.50. The first-order valence-electron chi connectivity index (χ1n) is 7.47. The Bertz CT molecular complexity index is 205. The zero-order valence-corrected chi connectivity index (χ0v) is 12.7. The molecule has 108 valence electrons. The van der Waals surface area contributed by atoms with Crippen molar-refractivity contribution < 1.29 is 9.47 Å². The smallest absolute Gasteiger partial charge is 0.0594 e. The average molecular weight is 257 g/mol. The van der Waals surface area contributed by atoms with Gasteiger partial charge in [0.25, 0.3) is 0 Å². The lowest BCUT2D eigenvalue weighted by Crippen LogP contribution is -2.38. The molecule has 0 amide bonds. The molecule has 0 spiro atoms. The number of morpholine rings is 1. The summed E-state index contributed by atoms with van der Waals surface area (Å²) in [6.45, 7) is 16.4. The molecule has 0 bridgehead atoms. The third-order valence-corrected chi connectivity index (χ3v) is 4.13. The maximum Gasteiger partial charge on any atom is 0.0594 e. The molecule has 0 aliphatic carbocycles. The van der Waals surface area contributed by atoms with Gasteiger partial charge in [0.15, 0.2) is 0 Å². The Balaban J connectivity index is 0.000000199. The molecule has 3 nitrogen and oxygen atoms in total. The maximum atomic E-state index is 5.27. The Morgan fingerprint density at radius 1 is 1.11 bits per heavy atom. The minimum Gasteiger partial charge on any atom is -0.380 e. The molecule has 0 aromatic rings. The monoisotopic (exact) mass is 257 g/mol. The van der Waals surface area contributed by atoms with Crippen molar-refractivity contribution in [1.82, 2.24) is 4.90 Å². The van der Waals surface area contributed by atoms with E-state index in [1.807, 2.05) is 0 Å². The lowest BCUT2D eigenvalue weighted by Gasteiger charge is -2.36. The molecule has 0 N–H and O–H groups in total. The van der Waals surface area contributed by atoms with Crippen LogP contribution in [-0.4, -0.2) is 51.0 Å². The van der Waals surface area contributed by atoms with Crippen molar-refractivity contribution in [2.24, 2.45) is 11.3 Å². The first kappa shape index (κ1) is 15.9. The van der Waals surface area contributed by atoms with E-state index in [9.17, 15) is 0 Å². The van der Waals surface area contributed by atoms with Crippen LogP contribution in [0.15, 0.2) is 0 Å². The third-order valence-electron chi connectivity index (χ3n) is 4.13. The van der Waals surface area contributed by atoms with Crippen LogP contribution < -0.4 is 0 Å². The van der Waals surface area contributed by atoms with Crippen LogP contribution in [0.2, 0.25) is 0 Å². The van der Waals surface area contributed by atoms with E-state index in [2.05, 4.69) is 32.6 Å². The van der Waals surface area contributed by atoms with E-state index >= 15 is 0 Å². The quantitative estimate of drug-likeness (QED) is 0.773. The molecule has 0 radical (unpaired) electrons. The average Bonchev–Trinajstić information content (AvgIpc) is 2.38. The number of hydrogen-bond donors (Lipinski definition) is 0. The minimum atomic E-state index is 0.542. The molecule has 18 heavy (non-hydrogen) atoms. The summed E-state index contributed by atoms with van der Waals surface area (Å²) in [6, 6.07) is 0. The summed E-state index contributed by atoms with van der Waals surface area (Å²) in [5.74, 6) is 0.841. The van der Waals surface area contributed by atoms with Gasteiger partial charge in [-0.2, -0.15) is 0 Å². The van der Waals surface area contributed by atoms with Crippen molar-refractivity contribution in [3.05, 3.63) is 0 Å². The predicted octanol–water partition coefficient (Wildman–Crippen LogP) is 2.80. The first-order chi connectivity index (χ1) is 8.59. The Morgan fingerprint density at radius 2 is 1.72 bits per heavy atom. The highest BCUT2D eigenvalue weighted by Gasteiger charge is 2.30. The van der Waals surface area contributed by atoms with E-state index < -0.39 is 0 Å². The normalized spacial score (nSPS) is 24.7. The fourth-order valence-electron chi connectivity index (χ4n) is 2.01. The van der Waals surface area contributed by atoms with Crippen LogP contribution in [0.3, 0.4) is 0 Å². The summed E-state index contributed by atoms with van der Waals surface area (Å²) >= 11 is 0. The van der Waals surface area contributed by atoms with Crippen LogP contribution in [0.5, 0.6) is 0 Å². The summed E-state index contributed by atoms with van der Waals surface area (Å²) in [5.41, 5.74) is 0.542. The fraction of sp³-hybridized carbons (Fsp3) is 1.00. The van der Waals surface area contributed by atoms with Crippen molar-refractivity contribution in [3.63, 3.8) is 0 Å². The van der Waals surface area contributed by atoms with Crippen molar-refractivity contribution in [2.75, 3.05) is 46.1 Å². The van der Waals surface area contributed by atoms with Crippen LogP contribution in [0, 0.1) is 11.3 Å². The van der Waals surface area contributed by atoms with Crippen molar-refractivity contribution in [3.8, 4) is 0 Å². The molecule has 3 heteroatoms. The van der Waals surface area contributed by atoms with Gasteiger partial charge in [-0.05, 0) is 12.3 Å². The molecule has 1 atom stereocenters. The predicted molar refractivity (Wildman–Crippen MR) is 75.9 cm³/mol. The molecule has 2 aliphatic rings. The number of ether oxygens (including phenoxy) is 2. The standard InChI is InChI=1S/C9H19NO.C6H12O/c1-3-9(2)8-10-4-6-11-7-5-10;1-3-6(2)4-7-5-6/h9H,3-8H2,1-2H3;3-5H2,1-2H3. The Kier molecular flexibility index (Phi) is 7.20. The summed E-state index contributed by atoms with van der Waals surface area (Å²) in [5, 5.41) is 0. The highest BCUT2D eigenvalue weighted by Crippen LogP contribution is 2.29. The van der Waals surface area contributed by atoms with Crippen molar-refractivity contribution in [1.29, 1.82) is 0 Å². The summed E-state index contributed by atoms with van der Waals surface area (Å²) in [7, 11) is 0. The second-order valence-electron chi connectivity index (χ2n) is 6.08. The van der Waals surface area contributed by atoms with E-state index in [0.29, 0.717) is 5.41 Å². The summed E-state index contributed by atoms with van der Waals surface area (Å²) < 4.78 is 10.3. The highest BCUT2D eigenvalue weighted by molar-refractivity contribution is 4.78. The fourth-order valence-corrected chi connectivity index (χ4v) is 2.01.